The fraction of sp³-hybridized carbons (Fsp3) is 0.286. The SMILES string of the molecule is CCCCC(Oc1ccc(C(=O)NCCC(=O)O)cc1)c1ccc(-c2ccc(C(F)(F)F)cc2)cc1. The summed E-state index contributed by atoms with van der Waals surface area (Å²) in [6, 6.07) is 19.3. The summed E-state index contributed by atoms with van der Waals surface area (Å²) < 4.78 is 44.7. The number of ether oxygens (including phenoxy) is 1. The molecule has 36 heavy (non-hydrogen) atoms. The molecule has 8 heteroatoms. The zero-order valence-electron chi connectivity index (χ0n) is 19.8. The Labute approximate surface area is 207 Å². The zero-order chi connectivity index (χ0) is 26.1. The molecule has 0 aliphatic heterocycles. The molecule has 3 aromatic carbocycles. The normalized spacial score (nSPS) is 12.1. The average Bonchev–Trinajstić information content (AvgIpc) is 2.86. The number of amides is 1. The van der Waals surface area contributed by atoms with Crippen LogP contribution in [0.5, 0.6) is 5.75 Å². The van der Waals surface area contributed by atoms with Crippen molar-refractivity contribution < 1.29 is 32.6 Å². The van der Waals surface area contributed by atoms with E-state index in [1.807, 2.05) is 24.3 Å². The van der Waals surface area contributed by atoms with Gasteiger partial charge in [0.05, 0.1) is 12.0 Å². The van der Waals surface area contributed by atoms with Crippen LogP contribution in [0.25, 0.3) is 11.1 Å². The minimum absolute atomic E-state index is 0.0496. The van der Waals surface area contributed by atoms with E-state index < -0.39 is 17.7 Å². The number of alkyl halides is 3. The molecule has 0 spiro atoms. The van der Waals surface area contributed by atoms with Crippen LogP contribution in [-0.2, 0) is 11.0 Å². The first-order chi connectivity index (χ1) is 17.2. The van der Waals surface area contributed by atoms with Gasteiger partial charge in [0, 0.05) is 12.1 Å². The van der Waals surface area contributed by atoms with Crippen molar-refractivity contribution in [2.24, 2.45) is 0 Å². The number of carbonyl (C=O) groups is 2. The molecule has 0 fully saturated rings. The second-order valence-corrected chi connectivity index (χ2v) is 8.37. The van der Waals surface area contributed by atoms with Gasteiger partial charge in [-0.2, -0.15) is 13.2 Å². The summed E-state index contributed by atoms with van der Waals surface area (Å²) in [6.45, 7) is 2.14. The Hall–Kier alpha value is -3.81. The van der Waals surface area contributed by atoms with Crippen molar-refractivity contribution >= 4 is 11.9 Å². The van der Waals surface area contributed by atoms with Gasteiger partial charge in [0.1, 0.15) is 11.9 Å². The summed E-state index contributed by atoms with van der Waals surface area (Å²) in [6.07, 6.45) is -2.05. The van der Waals surface area contributed by atoms with Crippen LogP contribution in [0.4, 0.5) is 13.2 Å². The van der Waals surface area contributed by atoms with Crippen molar-refractivity contribution in [1.82, 2.24) is 5.32 Å². The van der Waals surface area contributed by atoms with Crippen molar-refractivity contribution in [2.75, 3.05) is 6.54 Å². The van der Waals surface area contributed by atoms with Gasteiger partial charge >= 0.3 is 12.1 Å². The van der Waals surface area contributed by atoms with Crippen LogP contribution in [0.15, 0.2) is 72.8 Å². The molecular formula is C28H28F3NO4. The molecule has 0 saturated heterocycles. The van der Waals surface area contributed by atoms with Crippen molar-refractivity contribution in [3.05, 3.63) is 89.5 Å². The molecule has 0 aliphatic carbocycles. The number of nitrogens with one attached hydrogen (secondary N) is 1. The Morgan fingerprint density at radius 1 is 0.917 bits per heavy atom. The Morgan fingerprint density at radius 2 is 1.50 bits per heavy atom. The minimum atomic E-state index is -4.37. The molecule has 0 aliphatic rings. The van der Waals surface area contributed by atoms with E-state index in [9.17, 15) is 22.8 Å². The lowest BCUT2D eigenvalue weighted by Gasteiger charge is -2.20. The minimum Gasteiger partial charge on any atom is -0.486 e. The van der Waals surface area contributed by atoms with Crippen LogP contribution in [0.3, 0.4) is 0 Å². The fourth-order valence-electron chi connectivity index (χ4n) is 3.66. The number of rotatable bonds is 11. The van der Waals surface area contributed by atoms with E-state index in [0.717, 1.165) is 42.5 Å². The summed E-state index contributed by atoms with van der Waals surface area (Å²) in [5.74, 6) is -0.751. The van der Waals surface area contributed by atoms with E-state index in [4.69, 9.17) is 9.84 Å². The maximum absolute atomic E-state index is 12.8. The van der Waals surface area contributed by atoms with Gasteiger partial charge in [-0.05, 0) is 65.9 Å². The highest BCUT2D eigenvalue weighted by molar-refractivity contribution is 5.94. The summed E-state index contributed by atoms with van der Waals surface area (Å²) in [7, 11) is 0. The predicted octanol–water partition coefficient (Wildman–Crippen LogP) is 6.89. The van der Waals surface area contributed by atoms with Gasteiger partial charge in [0.2, 0.25) is 0 Å². The van der Waals surface area contributed by atoms with E-state index in [0.29, 0.717) is 16.9 Å². The number of carboxylic acids is 1. The quantitative estimate of drug-likeness (QED) is 0.301. The highest BCUT2D eigenvalue weighted by atomic mass is 19.4. The lowest BCUT2D eigenvalue weighted by Crippen LogP contribution is -2.25. The van der Waals surface area contributed by atoms with Crippen LogP contribution in [0, 0.1) is 0 Å². The third kappa shape index (κ3) is 7.60. The standard InChI is InChI=1S/C28H28F3NO4/c1-2-3-4-25(36-24-15-11-22(12-16-24)27(35)32-18-17-26(33)34)21-7-5-19(6-8-21)20-9-13-23(14-10-20)28(29,30)31/h5-16,25H,2-4,17-18H2,1H3,(H,32,35)(H,33,34). The highest BCUT2D eigenvalue weighted by Gasteiger charge is 2.30. The maximum Gasteiger partial charge on any atom is 0.416 e. The molecule has 0 aromatic heterocycles. The number of halogens is 3. The van der Waals surface area contributed by atoms with E-state index in [2.05, 4.69) is 12.2 Å². The van der Waals surface area contributed by atoms with Gasteiger partial charge in [0.15, 0.2) is 0 Å². The van der Waals surface area contributed by atoms with Crippen molar-refractivity contribution in [2.45, 2.75) is 44.9 Å². The van der Waals surface area contributed by atoms with Crippen LogP contribution in [0.2, 0.25) is 0 Å². The molecule has 0 radical (unpaired) electrons. The first-order valence-electron chi connectivity index (χ1n) is 11.7. The zero-order valence-corrected chi connectivity index (χ0v) is 19.8. The van der Waals surface area contributed by atoms with Gasteiger partial charge < -0.3 is 15.2 Å². The molecule has 5 nitrogen and oxygen atoms in total. The number of benzene rings is 3. The van der Waals surface area contributed by atoms with Gasteiger partial charge in [-0.25, -0.2) is 0 Å². The van der Waals surface area contributed by atoms with Crippen LogP contribution >= 0.6 is 0 Å². The Balaban J connectivity index is 1.69. The van der Waals surface area contributed by atoms with E-state index >= 15 is 0 Å². The lowest BCUT2D eigenvalue weighted by atomic mass is 9.98. The summed E-state index contributed by atoms with van der Waals surface area (Å²) in [5, 5.41) is 11.2. The Bertz CT molecular complexity index is 1140. The molecule has 2 N–H and O–H groups in total. The van der Waals surface area contributed by atoms with Crippen LogP contribution < -0.4 is 10.1 Å². The summed E-state index contributed by atoms with van der Waals surface area (Å²) >= 11 is 0. The molecule has 0 bridgehead atoms. The molecule has 1 amide bonds. The van der Waals surface area contributed by atoms with E-state index in [1.54, 1.807) is 24.3 Å². The molecule has 190 valence electrons. The monoisotopic (exact) mass is 499 g/mol. The number of carbonyl (C=O) groups excluding carboxylic acids is 1. The van der Waals surface area contributed by atoms with Crippen LogP contribution in [-0.4, -0.2) is 23.5 Å². The Kier molecular flexibility index (Phi) is 9.11. The first kappa shape index (κ1) is 26.8. The number of hydrogen-bond acceptors (Lipinski definition) is 3. The molecule has 0 saturated carbocycles. The topological polar surface area (TPSA) is 75.6 Å². The molecule has 0 heterocycles. The van der Waals surface area contributed by atoms with Crippen molar-refractivity contribution in [3.63, 3.8) is 0 Å². The second-order valence-electron chi connectivity index (χ2n) is 8.37. The third-order valence-electron chi connectivity index (χ3n) is 5.67. The molecule has 3 rings (SSSR count). The molecular weight excluding hydrogens is 471 g/mol. The highest BCUT2D eigenvalue weighted by Crippen LogP contribution is 2.32. The predicted molar refractivity (Wildman–Crippen MR) is 131 cm³/mol. The van der Waals surface area contributed by atoms with Gasteiger partial charge in [-0.3, -0.25) is 9.59 Å². The fourth-order valence-corrected chi connectivity index (χ4v) is 3.66. The smallest absolute Gasteiger partial charge is 0.416 e. The van der Waals surface area contributed by atoms with Gasteiger partial charge in [0.25, 0.3) is 5.91 Å². The van der Waals surface area contributed by atoms with Crippen molar-refractivity contribution in [3.8, 4) is 16.9 Å². The molecule has 1 unspecified atom stereocenters. The Morgan fingerprint density at radius 3 is 2.03 bits per heavy atom. The first-order valence-corrected chi connectivity index (χ1v) is 11.7. The van der Waals surface area contributed by atoms with Crippen molar-refractivity contribution in [1.29, 1.82) is 0 Å². The maximum atomic E-state index is 12.8. The van der Waals surface area contributed by atoms with E-state index in [-0.39, 0.29) is 25.0 Å². The number of aliphatic carboxylic acids is 1. The number of hydrogen-bond donors (Lipinski definition) is 2. The summed E-state index contributed by atoms with van der Waals surface area (Å²) in [4.78, 5) is 22.7. The van der Waals surface area contributed by atoms with Gasteiger partial charge in [-0.15, -0.1) is 0 Å². The van der Waals surface area contributed by atoms with Crippen LogP contribution in [0.1, 0.15) is 60.2 Å². The van der Waals surface area contributed by atoms with E-state index in [1.165, 1.54) is 12.1 Å². The summed E-state index contributed by atoms with van der Waals surface area (Å²) in [5.41, 5.74) is 2.16. The third-order valence-corrected chi connectivity index (χ3v) is 5.67. The lowest BCUT2D eigenvalue weighted by molar-refractivity contribution is -0.138. The number of carboxylic acid groups (broad SMARTS) is 1. The molecule has 3 aromatic rings. The average molecular weight is 500 g/mol. The largest absolute Gasteiger partial charge is 0.486 e. The molecule has 1 atom stereocenters. The number of unbranched alkanes of at least 4 members (excludes halogenated alkanes) is 1. The second kappa shape index (κ2) is 12.2. The van der Waals surface area contributed by atoms with Gasteiger partial charge in [-0.1, -0.05) is 49.7 Å².